The molecule has 2 aromatic carbocycles. The van der Waals surface area contributed by atoms with Crippen LogP contribution in [0.1, 0.15) is 17.3 Å². The van der Waals surface area contributed by atoms with Gasteiger partial charge in [0.25, 0.3) is 0 Å². The smallest absolute Gasteiger partial charge is 0.116 e. The van der Waals surface area contributed by atoms with Gasteiger partial charge in [-0.15, -0.1) is 5.10 Å². The van der Waals surface area contributed by atoms with Crippen LogP contribution in [0.15, 0.2) is 60.7 Å². The van der Waals surface area contributed by atoms with E-state index in [0.717, 1.165) is 43.9 Å². The van der Waals surface area contributed by atoms with Gasteiger partial charge in [0.05, 0.1) is 11.7 Å². The Bertz CT molecular complexity index is 874. The molecule has 0 bridgehead atoms. The van der Waals surface area contributed by atoms with Gasteiger partial charge in [-0.3, -0.25) is 4.90 Å². The summed E-state index contributed by atoms with van der Waals surface area (Å²) in [5.74, 6) is 0. The van der Waals surface area contributed by atoms with Crippen LogP contribution in [0.25, 0.3) is 11.3 Å². The third kappa shape index (κ3) is 2.83. The zero-order valence-corrected chi connectivity index (χ0v) is 14.8. The van der Waals surface area contributed by atoms with E-state index in [1.165, 1.54) is 11.3 Å². The Hall–Kier alpha value is -2.50. The molecule has 1 N–H and O–H groups in total. The van der Waals surface area contributed by atoms with Gasteiger partial charge in [-0.1, -0.05) is 65.9 Å². The van der Waals surface area contributed by atoms with E-state index < -0.39 is 0 Å². The largest absolute Gasteiger partial charge is 0.310 e. The summed E-state index contributed by atoms with van der Waals surface area (Å²) in [6.45, 7) is 4.04. The highest BCUT2D eigenvalue weighted by molar-refractivity contribution is 5.61. The molecule has 2 aliphatic heterocycles. The summed E-state index contributed by atoms with van der Waals surface area (Å²) in [6, 6.07) is 21.9. The first-order chi connectivity index (χ1) is 12.9. The number of rotatable bonds is 3. The molecule has 5 rings (SSSR count). The Kier molecular flexibility index (Phi) is 4.03. The van der Waals surface area contributed by atoms with Crippen molar-refractivity contribution >= 4 is 0 Å². The normalized spacial score (nSPS) is 22.6. The molecule has 0 radical (unpaired) electrons. The summed E-state index contributed by atoms with van der Waals surface area (Å²) in [6.07, 6.45) is 0.975. The van der Waals surface area contributed by atoms with Crippen LogP contribution in [0, 0.1) is 0 Å². The van der Waals surface area contributed by atoms with Crippen LogP contribution < -0.4 is 5.32 Å². The van der Waals surface area contributed by atoms with Crippen LogP contribution >= 0.6 is 0 Å². The van der Waals surface area contributed by atoms with E-state index in [9.17, 15) is 0 Å². The molecule has 5 nitrogen and oxygen atoms in total. The number of hydrogen-bond acceptors (Lipinski definition) is 4. The average Bonchev–Trinajstić information content (AvgIpc) is 3.24. The van der Waals surface area contributed by atoms with Gasteiger partial charge in [0.2, 0.25) is 0 Å². The van der Waals surface area contributed by atoms with Crippen LogP contribution in [0.5, 0.6) is 0 Å². The van der Waals surface area contributed by atoms with Crippen LogP contribution in [0.3, 0.4) is 0 Å². The third-order valence-corrected chi connectivity index (χ3v) is 5.53. The number of nitrogens with zero attached hydrogens (tertiary/aromatic N) is 4. The van der Waals surface area contributed by atoms with Gasteiger partial charge < -0.3 is 5.32 Å². The van der Waals surface area contributed by atoms with Gasteiger partial charge in [-0.25, -0.2) is 4.68 Å². The van der Waals surface area contributed by atoms with E-state index in [1.807, 2.05) is 6.07 Å². The molecule has 0 amide bonds. The van der Waals surface area contributed by atoms with Gasteiger partial charge in [0.15, 0.2) is 0 Å². The molecule has 1 aromatic heterocycles. The SMILES string of the molecule is c1ccc(CN2CC3[C@@H](C2)NCCc2c(-c4ccccc4)nnn23)cc1. The Labute approximate surface area is 153 Å². The topological polar surface area (TPSA) is 46.0 Å². The molecular weight excluding hydrogens is 322 g/mol. The lowest BCUT2D eigenvalue weighted by Gasteiger charge is -2.17. The monoisotopic (exact) mass is 345 g/mol. The second kappa shape index (κ2) is 6.67. The highest BCUT2D eigenvalue weighted by Gasteiger charge is 2.37. The highest BCUT2D eigenvalue weighted by atomic mass is 15.5. The maximum absolute atomic E-state index is 4.58. The van der Waals surface area contributed by atoms with Gasteiger partial charge in [0, 0.05) is 44.2 Å². The fraction of sp³-hybridized carbons (Fsp3) is 0.333. The Balaban J connectivity index is 1.42. The van der Waals surface area contributed by atoms with E-state index in [0.29, 0.717) is 12.1 Å². The Morgan fingerprint density at radius 3 is 2.54 bits per heavy atom. The van der Waals surface area contributed by atoms with Crippen molar-refractivity contribution in [2.75, 3.05) is 19.6 Å². The van der Waals surface area contributed by atoms with Crippen molar-refractivity contribution in [3.63, 3.8) is 0 Å². The molecule has 0 spiro atoms. The summed E-state index contributed by atoms with van der Waals surface area (Å²) in [7, 11) is 0. The first-order valence-electron chi connectivity index (χ1n) is 9.37. The summed E-state index contributed by atoms with van der Waals surface area (Å²) < 4.78 is 2.19. The van der Waals surface area contributed by atoms with Crippen molar-refractivity contribution in [1.82, 2.24) is 25.2 Å². The van der Waals surface area contributed by atoms with Crippen molar-refractivity contribution in [3.8, 4) is 11.3 Å². The lowest BCUT2D eigenvalue weighted by atomic mass is 10.1. The zero-order valence-electron chi connectivity index (χ0n) is 14.8. The second-order valence-corrected chi connectivity index (χ2v) is 7.25. The number of fused-ring (bicyclic) bond motifs is 3. The van der Waals surface area contributed by atoms with E-state index in [4.69, 9.17) is 0 Å². The standard InChI is InChI=1S/C21H23N5/c1-3-7-16(8-4-1)13-25-14-18-20(15-25)26-19(11-12-22-18)21(23-24-26)17-9-5-2-6-10-17/h1-10,18,20,22H,11-15H2/t18-,20?/m1/s1. The van der Waals surface area contributed by atoms with Gasteiger partial charge in [0.1, 0.15) is 5.69 Å². The minimum atomic E-state index is 0.348. The molecular formula is C21H23N5. The summed E-state index contributed by atoms with van der Waals surface area (Å²) >= 11 is 0. The van der Waals surface area contributed by atoms with E-state index in [2.05, 4.69) is 79.8 Å². The van der Waals surface area contributed by atoms with E-state index >= 15 is 0 Å². The molecule has 1 fully saturated rings. The van der Waals surface area contributed by atoms with Crippen molar-refractivity contribution in [3.05, 3.63) is 71.9 Å². The molecule has 2 aliphatic rings. The summed E-state index contributed by atoms with van der Waals surface area (Å²) in [5.41, 5.74) is 4.83. The molecule has 1 saturated heterocycles. The van der Waals surface area contributed by atoms with E-state index in [1.54, 1.807) is 0 Å². The summed E-state index contributed by atoms with van der Waals surface area (Å²) in [4.78, 5) is 2.52. The molecule has 132 valence electrons. The van der Waals surface area contributed by atoms with Crippen LogP contribution in [-0.4, -0.2) is 45.6 Å². The Morgan fingerprint density at radius 2 is 1.73 bits per heavy atom. The molecule has 2 atom stereocenters. The van der Waals surface area contributed by atoms with Crippen molar-refractivity contribution in [2.24, 2.45) is 0 Å². The van der Waals surface area contributed by atoms with Crippen LogP contribution in [0.4, 0.5) is 0 Å². The quantitative estimate of drug-likeness (QED) is 0.792. The minimum Gasteiger partial charge on any atom is -0.310 e. The lowest BCUT2D eigenvalue weighted by Crippen LogP contribution is -2.36. The molecule has 0 saturated carbocycles. The summed E-state index contributed by atoms with van der Waals surface area (Å²) in [5, 5.41) is 12.9. The number of hydrogen-bond donors (Lipinski definition) is 1. The minimum absolute atomic E-state index is 0.348. The fourth-order valence-corrected chi connectivity index (χ4v) is 4.29. The maximum atomic E-state index is 4.58. The first kappa shape index (κ1) is 15.7. The van der Waals surface area contributed by atoms with Crippen LogP contribution in [0.2, 0.25) is 0 Å². The number of nitrogens with one attached hydrogen (secondary N) is 1. The first-order valence-corrected chi connectivity index (χ1v) is 9.37. The molecule has 26 heavy (non-hydrogen) atoms. The van der Waals surface area contributed by atoms with Gasteiger partial charge >= 0.3 is 0 Å². The van der Waals surface area contributed by atoms with Crippen LogP contribution in [-0.2, 0) is 13.0 Å². The third-order valence-electron chi connectivity index (χ3n) is 5.53. The number of benzene rings is 2. The maximum Gasteiger partial charge on any atom is 0.116 e. The lowest BCUT2D eigenvalue weighted by molar-refractivity contribution is 0.308. The number of aromatic nitrogens is 3. The van der Waals surface area contributed by atoms with Crippen molar-refractivity contribution in [1.29, 1.82) is 0 Å². The highest BCUT2D eigenvalue weighted by Crippen LogP contribution is 2.30. The van der Waals surface area contributed by atoms with Gasteiger partial charge in [-0.05, 0) is 5.56 Å². The van der Waals surface area contributed by atoms with E-state index in [-0.39, 0.29) is 0 Å². The van der Waals surface area contributed by atoms with Gasteiger partial charge in [-0.2, -0.15) is 0 Å². The molecule has 1 unspecified atom stereocenters. The molecule has 0 aliphatic carbocycles. The van der Waals surface area contributed by atoms with Crippen molar-refractivity contribution in [2.45, 2.75) is 25.0 Å². The Morgan fingerprint density at radius 1 is 0.962 bits per heavy atom. The molecule has 3 heterocycles. The van der Waals surface area contributed by atoms with Crippen molar-refractivity contribution < 1.29 is 0 Å². The molecule has 3 aromatic rings. The number of likely N-dealkylation sites (tertiary alicyclic amines) is 1. The average molecular weight is 345 g/mol. The zero-order chi connectivity index (χ0) is 17.3. The predicted octanol–water partition coefficient (Wildman–Crippen LogP) is 2.52. The predicted molar refractivity (Wildman–Crippen MR) is 102 cm³/mol. The second-order valence-electron chi connectivity index (χ2n) is 7.25. The fourth-order valence-electron chi connectivity index (χ4n) is 4.29. The molecule has 5 heteroatoms.